The third-order valence-electron chi connectivity index (χ3n) is 4.25. The predicted molar refractivity (Wildman–Crippen MR) is 109 cm³/mol. The lowest BCUT2D eigenvalue weighted by atomic mass is 10.2. The molecule has 0 fully saturated rings. The highest BCUT2D eigenvalue weighted by Gasteiger charge is 2.15. The van der Waals surface area contributed by atoms with Crippen LogP contribution in [0.2, 0.25) is 0 Å². The van der Waals surface area contributed by atoms with Crippen LogP contribution in [0.25, 0.3) is 0 Å². The molecule has 136 valence electrons. The molecule has 27 heavy (non-hydrogen) atoms. The Bertz CT molecular complexity index is 944. The van der Waals surface area contributed by atoms with Gasteiger partial charge in [-0.15, -0.1) is 0 Å². The van der Waals surface area contributed by atoms with Crippen LogP contribution in [0.15, 0.2) is 60.7 Å². The zero-order valence-corrected chi connectivity index (χ0v) is 15.8. The first-order chi connectivity index (χ1) is 13.1. The van der Waals surface area contributed by atoms with Gasteiger partial charge in [0, 0.05) is 24.3 Å². The number of rotatable bonds is 6. The van der Waals surface area contributed by atoms with Crippen molar-refractivity contribution in [1.29, 1.82) is 5.26 Å². The molecule has 0 radical (unpaired) electrons. The molecule has 3 rings (SSSR count). The van der Waals surface area contributed by atoms with Gasteiger partial charge in [0.05, 0.1) is 11.3 Å². The standard InChI is InChI=1S/C22H23N5/c1-16(2)27(15-18-9-5-4-6-10-18)21-13-17(3)24-22(26-21)25-20-12-8-7-11-19(20)14-23/h4-13,16H,15H2,1-3H3,(H,24,25,26). The second-order valence-electron chi connectivity index (χ2n) is 6.68. The van der Waals surface area contributed by atoms with Crippen LogP contribution in [0, 0.1) is 18.3 Å². The first-order valence-corrected chi connectivity index (χ1v) is 8.99. The Hall–Kier alpha value is -3.39. The third kappa shape index (κ3) is 4.62. The Balaban J connectivity index is 1.92. The van der Waals surface area contributed by atoms with E-state index in [1.54, 1.807) is 6.07 Å². The van der Waals surface area contributed by atoms with Crippen LogP contribution in [0.4, 0.5) is 17.5 Å². The lowest BCUT2D eigenvalue weighted by Crippen LogP contribution is -2.31. The summed E-state index contributed by atoms with van der Waals surface area (Å²) in [7, 11) is 0. The summed E-state index contributed by atoms with van der Waals surface area (Å²) in [6.07, 6.45) is 0. The highest BCUT2D eigenvalue weighted by atomic mass is 15.2. The summed E-state index contributed by atoms with van der Waals surface area (Å²) in [5, 5.41) is 12.5. The van der Waals surface area contributed by atoms with Gasteiger partial charge in [-0.3, -0.25) is 0 Å². The number of aryl methyl sites for hydroxylation is 1. The maximum atomic E-state index is 9.29. The molecule has 0 saturated carbocycles. The smallest absolute Gasteiger partial charge is 0.229 e. The van der Waals surface area contributed by atoms with Crippen LogP contribution in [-0.2, 0) is 6.54 Å². The fraction of sp³-hybridized carbons (Fsp3) is 0.227. The molecule has 0 unspecified atom stereocenters. The molecule has 1 N–H and O–H groups in total. The molecule has 0 atom stereocenters. The SMILES string of the molecule is Cc1cc(N(Cc2ccccc2)C(C)C)nc(Nc2ccccc2C#N)n1. The average Bonchev–Trinajstić information content (AvgIpc) is 2.66. The number of anilines is 3. The van der Waals surface area contributed by atoms with Crippen molar-refractivity contribution in [3.63, 3.8) is 0 Å². The summed E-state index contributed by atoms with van der Waals surface area (Å²) in [5.74, 6) is 1.35. The van der Waals surface area contributed by atoms with E-state index in [1.165, 1.54) is 5.56 Å². The van der Waals surface area contributed by atoms with Crippen LogP contribution in [-0.4, -0.2) is 16.0 Å². The van der Waals surface area contributed by atoms with Crippen molar-refractivity contribution in [2.24, 2.45) is 0 Å². The maximum Gasteiger partial charge on any atom is 0.229 e. The van der Waals surface area contributed by atoms with Crippen LogP contribution >= 0.6 is 0 Å². The van der Waals surface area contributed by atoms with E-state index < -0.39 is 0 Å². The van der Waals surface area contributed by atoms with Crippen molar-refractivity contribution in [3.8, 4) is 6.07 Å². The molecule has 0 aliphatic carbocycles. The van der Waals surface area contributed by atoms with Gasteiger partial charge in [0.2, 0.25) is 5.95 Å². The number of nitrogens with zero attached hydrogens (tertiary/aromatic N) is 4. The van der Waals surface area contributed by atoms with Crippen molar-refractivity contribution in [3.05, 3.63) is 77.5 Å². The van der Waals surface area contributed by atoms with Crippen molar-refractivity contribution < 1.29 is 0 Å². The minimum Gasteiger partial charge on any atom is -0.350 e. The van der Waals surface area contributed by atoms with E-state index in [4.69, 9.17) is 4.98 Å². The molecule has 2 aromatic carbocycles. The molecule has 1 aromatic heterocycles. The largest absolute Gasteiger partial charge is 0.350 e. The molecule has 3 aromatic rings. The number of benzene rings is 2. The van der Waals surface area contributed by atoms with Gasteiger partial charge < -0.3 is 10.2 Å². The Kier molecular flexibility index (Phi) is 5.68. The summed E-state index contributed by atoms with van der Waals surface area (Å²) in [5.41, 5.74) is 3.37. The van der Waals surface area contributed by atoms with E-state index in [1.807, 2.05) is 49.4 Å². The number of aromatic nitrogens is 2. The highest BCUT2D eigenvalue weighted by Crippen LogP contribution is 2.23. The van der Waals surface area contributed by atoms with Crippen molar-refractivity contribution in [1.82, 2.24) is 9.97 Å². The average molecular weight is 357 g/mol. The number of hydrogen-bond acceptors (Lipinski definition) is 5. The normalized spacial score (nSPS) is 10.5. The second-order valence-corrected chi connectivity index (χ2v) is 6.68. The lowest BCUT2D eigenvalue weighted by Gasteiger charge is -2.28. The minimum absolute atomic E-state index is 0.277. The number of nitriles is 1. The molecule has 1 heterocycles. The number of hydrogen-bond donors (Lipinski definition) is 1. The zero-order chi connectivity index (χ0) is 19.2. The fourth-order valence-corrected chi connectivity index (χ4v) is 2.87. The van der Waals surface area contributed by atoms with E-state index in [-0.39, 0.29) is 6.04 Å². The van der Waals surface area contributed by atoms with Gasteiger partial charge in [0.25, 0.3) is 0 Å². The van der Waals surface area contributed by atoms with Crippen molar-refractivity contribution >= 4 is 17.5 Å². The molecule has 0 aliphatic heterocycles. The predicted octanol–water partition coefficient (Wildman–Crippen LogP) is 4.82. The minimum atomic E-state index is 0.277. The third-order valence-corrected chi connectivity index (χ3v) is 4.25. The van der Waals surface area contributed by atoms with Gasteiger partial charge in [-0.2, -0.15) is 10.2 Å². The van der Waals surface area contributed by atoms with E-state index in [0.29, 0.717) is 17.2 Å². The van der Waals surface area contributed by atoms with Gasteiger partial charge in [-0.1, -0.05) is 42.5 Å². The highest BCUT2D eigenvalue weighted by molar-refractivity contribution is 5.63. The molecular formula is C22H23N5. The van der Waals surface area contributed by atoms with E-state index in [9.17, 15) is 5.26 Å². The second kappa shape index (κ2) is 8.33. The van der Waals surface area contributed by atoms with Gasteiger partial charge in [0.15, 0.2) is 0 Å². The fourth-order valence-electron chi connectivity index (χ4n) is 2.87. The summed E-state index contributed by atoms with van der Waals surface area (Å²) in [6.45, 7) is 7.02. The number of nitrogens with one attached hydrogen (secondary N) is 1. The summed E-state index contributed by atoms with van der Waals surface area (Å²) >= 11 is 0. The van der Waals surface area contributed by atoms with Crippen molar-refractivity contribution in [2.45, 2.75) is 33.4 Å². The monoisotopic (exact) mass is 357 g/mol. The lowest BCUT2D eigenvalue weighted by molar-refractivity contribution is 0.671. The molecule has 5 heteroatoms. The first-order valence-electron chi connectivity index (χ1n) is 8.99. The molecule has 0 amide bonds. The van der Waals surface area contributed by atoms with Gasteiger partial charge in [-0.25, -0.2) is 4.98 Å². The summed E-state index contributed by atoms with van der Waals surface area (Å²) < 4.78 is 0. The van der Waals surface area contributed by atoms with E-state index in [0.717, 1.165) is 18.1 Å². The molecular weight excluding hydrogens is 334 g/mol. The first kappa shape index (κ1) is 18.4. The maximum absolute atomic E-state index is 9.29. The Labute approximate surface area is 160 Å². The Morgan fingerprint density at radius 3 is 2.44 bits per heavy atom. The van der Waals surface area contributed by atoms with Gasteiger partial charge >= 0.3 is 0 Å². The summed E-state index contributed by atoms with van der Waals surface area (Å²) in [4.78, 5) is 11.5. The van der Waals surface area contributed by atoms with Crippen LogP contribution in [0.3, 0.4) is 0 Å². The quantitative estimate of drug-likeness (QED) is 0.685. The summed E-state index contributed by atoms with van der Waals surface area (Å²) in [6, 6.07) is 22.2. The molecule has 0 spiro atoms. The zero-order valence-electron chi connectivity index (χ0n) is 15.8. The van der Waals surface area contributed by atoms with E-state index in [2.05, 4.69) is 47.3 Å². The van der Waals surface area contributed by atoms with E-state index >= 15 is 0 Å². The molecule has 5 nitrogen and oxygen atoms in total. The Morgan fingerprint density at radius 1 is 1.04 bits per heavy atom. The van der Waals surface area contributed by atoms with Crippen LogP contribution < -0.4 is 10.2 Å². The van der Waals surface area contributed by atoms with Gasteiger partial charge in [0.1, 0.15) is 11.9 Å². The molecule has 0 saturated heterocycles. The van der Waals surface area contributed by atoms with Gasteiger partial charge in [-0.05, 0) is 38.5 Å². The van der Waals surface area contributed by atoms with Crippen LogP contribution in [0.1, 0.15) is 30.7 Å². The topological polar surface area (TPSA) is 64.8 Å². The molecule has 0 bridgehead atoms. The Morgan fingerprint density at radius 2 is 1.74 bits per heavy atom. The number of para-hydroxylation sites is 1. The van der Waals surface area contributed by atoms with Crippen LogP contribution in [0.5, 0.6) is 0 Å². The molecule has 0 aliphatic rings. The van der Waals surface area contributed by atoms with Crippen molar-refractivity contribution in [2.75, 3.05) is 10.2 Å².